The largest absolute Gasteiger partial charge is 0.362 e. The lowest BCUT2D eigenvalue weighted by Crippen LogP contribution is -2.45. The number of fused-ring (bicyclic) bond motifs is 1. The summed E-state index contributed by atoms with van der Waals surface area (Å²) in [7, 11) is -1.82. The van der Waals surface area contributed by atoms with E-state index in [1.807, 2.05) is 19.2 Å². The number of aliphatic imine (C=N–C) groups is 1. The summed E-state index contributed by atoms with van der Waals surface area (Å²) in [4.78, 5) is 4.19. The molecule has 0 radical (unpaired) electrons. The first-order valence-corrected chi connectivity index (χ1v) is 8.93. The predicted octanol–water partition coefficient (Wildman–Crippen LogP) is 1.44. The molecule has 0 fully saturated rings. The van der Waals surface area contributed by atoms with E-state index in [4.69, 9.17) is 0 Å². The summed E-state index contributed by atoms with van der Waals surface area (Å²) in [6.45, 7) is 2.24. The number of hydrogen-bond donors (Lipinski definition) is 2. The molecule has 1 aliphatic rings. The van der Waals surface area contributed by atoms with Crippen molar-refractivity contribution in [2.75, 3.05) is 13.2 Å². The number of nitrogens with zero attached hydrogens (tertiary/aromatic N) is 2. The smallest absolute Gasteiger partial charge is 0.350 e. The van der Waals surface area contributed by atoms with Crippen molar-refractivity contribution in [2.24, 2.45) is 12.0 Å². The molecule has 1 unspecified atom stereocenters. The van der Waals surface area contributed by atoms with Gasteiger partial charge < -0.3 is 9.88 Å². The SMILES string of the molecule is CCOS(=O)(=O)NC1=NCCC(c2cn(C)c3ccccc23)N1. The molecular formula is C15H20N4O3S. The van der Waals surface area contributed by atoms with Crippen molar-refractivity contribution in [1.29, 1.82) is 0 Å². The molecule has 0 bridgehead atoms. The third kappa shape index (κ3) is 3.32. The second kappa shape index (κ2) is 6.21. The van der Waals surface area contributed by atoms with Crippen LogP contribution in [0.3, 0.4) is 0 Å². The van der Waals surface area contributed by atoms with Gasteiger partial charge >= 0.3 is 10.3 Å². The van der Waals surface area contributed by atoms with Crippen LogP contribution < -0.4 is 10.0 Å². The molecule has 1 aliphatic heterocycles. The van der Waals surface area contributed by atoms with Crippen molar-refractivity contribution in [2.45, 2.75) is 19.4 Å². The van der Waals surface area contributed by atoms with Crippen LogP contribution in [-0.4, -0.2) is 32.1 Å². The van der Waals surface area contributed by atoms with E-state index in [1.54, 1.807) is 6.92 Å². The van der Waals surface area contributed by atoms with Crippen LogP contribution >= 0.6 is 0 Å². The Morgan fingerprint density at radius 1 is 1.43 bits per heavy atom. The molecule has 23 heavy (non-hydrogen) atoms. The number of aromatic nitrogens is 1. The summed E-state index contributed by atoms with van der Waals surface area (Å²) in [5.41, 5.74) is 2.27. The molecule has 124 valence electrons. The van der Waals surface area contributed by atoms with Crippen molar-refractivity contribution >= 4 is 27.2 Å². The number of aryl methyl sites for hydroxylation is 1. The van der Waals surface area contributed by atoms with E-state index in [0.717, 1.165) is 22.9 Å². The van der Waals surface area contributed by atoms with Gasteiger partial charge in [-0.2, -0.15) is 8.42 Å². The average molecular weight is 336 g/mol. The van der Waals surface area contributed by atoms with Gasteiger partial charge in [0.15, 0.2) is 0 Å². The summed E-state index contributed by atoms with van der Waals surface area (Å²) in [6, 6.07) is 8.14. The minimum Gasteiger partial charge on any atom is -0.350 e. The van der Waals surface area contributed by atoms with E-state index in [1.165, 1.54) is 0 Å². The van der Waals surface area contributed by atoms with Gasteiger partial charge in [-0.25, -0.2) is 4.72 Å². The van der Waals surface area contributed by atoms with Gasteiger partial charge in [0.25, 0.3) is 0 Å². The van der Waals surface area contributed by atoms with Gasteiger partial charge in [0.2, 0.25) is 5.96 Å². The number of benzene rings is 1. The third-order valence-corrected chi connectivity index (χ3v) is 4.79. The predicted molar refractivity (Wildman–Crippen MR) is 89.4 cm³/mol. The molecule has 0 spiro atoms. The van der Waals surface area contributed by atoms with Crippen molar-refractivity contribution < 1.29 is 12.6 Å². The van der Waals surface area contributed by atoms with Gasteiger partial charge in [0.05, 0.1) is 12.6 Å². The van der Waals surface area contributed by atoms with Crippen LogP contribution in [0.4, 0.5) is 0 Å². The van der Waals surface area contributed by atoms with Crippen LogP contribution in [0, 0.1) is 0 Å². The van der Waals surface area contributed by atoms with Gasteiger partial charge in [0.1, 0.15) is 0 Å². The standard InChI is InChI=1S/C15H20N4O3S/c1-3-22-23(20,21)18-15-16-9-8-13(17-15)12-10-19(2)14-7-5-4-6-11(12)14/h4-7,10,13H,3,8-9H2,1-2H3,(H2,16,17,18). The lowest BCUT2D eigenvalue weighted by Gasteiger charge is -2.24. The maximum atomic E-state index is 11.7. The summed E-state index contributed by atoms with van der Waals surface area (Å²) in [5.74, 6) is 0.225. The summed E-state index contributed by atoms with van der Waals surface area (Å²) < 4.78 is 32.5. The van der Waals surface area contributed by atoms with Gasteiger partial charge in [-0.05, 0) is 25.0 Å². The second-order valence-corrected chi connectivity index (χ2v) is 6.74. The van der Waals surface area contributed by atoms with E-state index in [-0.39, 0.29) is 18.6 Å². The first-order valence-electron chi connectivity index (χ1n) is 7.52. The molecule has 0 amide bonds. The summed E-state index contributed by atoms with van der Waals surface area (Å²) in [6.07, 6.45) is 2.87. The normalized spacial score (nSPS) is 18.5. The van der Waals surface area contributed by atoms with Gasteiger partial charge in [-0.1, -0.05) is 18.2 Å². The van der Waals surface area contributed by atoms with E-state index in [0.29, 0.717) is 6.54 Å². The molecule has 1 atom stereocenters. The Balaban J connectivity index is 1.84. The third-order valence-electron chi connectivity index (χ3n) is 3.80. The highest BCUT2D eigenvalue weighted by Gasteiger charge is 2.23. The van der Waals surface area contributed by atoms with Crippen LogP contribution in [0.15, 0.2) is 35.5 Å². The lowest BCUT2D eigenvalue weighted by atomic mass is 10.0. The van der Waals surface area contributed by atoms with Crippen molar-refractivity contribution in [3.05, 3.63) is 36.0 Å². The maximum Gasteiger partial charge on any atom is 0.362 e. The fourth-order valence-electron chi connectivity index (χ4n) is 2.84. The van der Waals surface area contributed by atoms with E-state index < -0.39 is 10.3 Å². The Morgan fingerprint density at radius 2 is 2.22 bits per heavy atom. The molecular weight excluding hydrogens is 316 g/mol. The zero-order valence-electron chi connectivity index (χ0n) is 13.1. The lowest BCUT2D eigenvalue weighted by molar-refractivity contribution is 0.334. The quantitative estimate of drug-likeness (QED) is 0.885. The monoisotopic (exact) mass is 336 g/mol. The zero-order chi connectivity index (χ0) is 16.4. The number of nitrogens with one attached hydrogen (secondary N) is 2. The molecule has 3 rings (SSSR count). The molecule has 1 aromatic heterocycles. The van der Waals surface area contributed by atoms with Crippen LogP contribution in [0.25, 0.3) is 10.9 Å². The number of para-hydroxylation sites is 1. The highest BCUT2D eigenvalue weighted by molar-refractivity contribution is 7.85. The summed E-state index contributed by atoms with van der Waals surface area (Å²) in [5, 5.41) is 4.31. The van der Waals surface area contributed by atoms with Gasteiger partial charge in [-0.3, -0.25) is 9.18 Å². The Kier molecular flexibility index (Phi) is 4.27. The molecule has 2 N–H and O–H groups in total. The molecule has 1 aromatic carbocycles. The van der Waals surface area contributed by atoms with Gasteiger partial charge in [0, 0.05) is 30.7 Å². The fourth-order valence-corrected chi connectivity index (χ4v) is 3.57. The molecule has 0 aliphatic carbocycles. The molecule has 0 saturated heterocycles. The maximum absolute atomic E-state index is 11.7. The minimum atomic E-state index is -3.82. The molecule has 0 saturated carbocycles. The fraction of sp³-hybridized carbons (Fsp3) is 0.400. The van der Waals surface area contributed by atoms with Crippen molar-refractivity contribution in [3.8, 4) is 0 Å². The first kappa shape index (κ1) is 15.8. The topological polar surface area (TPSA) is 84.7 Å². The van der Waals surface area contributed by atoms with Crippen LogP contribution in [-0.2, 0) is 21.5 Å². The Labute approximate surface area is 135 Å². The molecule has 2 aromatic rings. The second-order valence-electron chi connectivity index (χ2n) is 5.39. The molecule has 8 heteroatoms. The number of guanidine groups is 1. The van der Waals surface area contributed by atoms with Crippen LogP contribution in [0.5, 0.6) is 0 Å². The summed E-state index contributed by atoms with van der Waals surface area (Å²) >= 11 is 0. The van der Waals surface area contributed by atoms with Crippen LogP contribution in [0.1, 0.15) is 24.9 Å². The Morgan fingerprint density at radius 3 is 3.00 bits per heavy atom. The highest BCUT2D eigenvalue weighted by Crippen LogP contribution is 2.28. The van der Waals surface area contributed by atoms with Gasteiger partial charge in [-0.15, -0.1) is 0 Å². The zero-order valence-corrected chi connectivity index (χ0v) is 13.9. The first-order chi connectivity index (χ1) is 11.0. The van der Waals surface area contributed by atoms with E-state index in [9.17, 15) is 8.42 Å². The minimum absolute atomic E-state index is 0.00192. The number of hydrogen-bond acceptors (Lipinski definition) is 5. The van der Waals surface area contributed by atoms with Crippen molar-refractivity contribution in [3.63, 3.8) is 0 Å². The number of rotatable bonds is 4. The molecule has 7 nitrogen and oxygen atoms in total. The van der Waals surface area contributed by atoms with E-state index in [2.05, 4.69) is 42.1 Å². The Hall–Kier alpha value is -2.06. The average Bonchev–Trinajstić information content (AvgIpc) is 2.85. The Bertz CT molecular complexity index is 842. The van der Waals surface area contributed by atoms with Crippen LogP contribution in [0.2, 0.25) is 0 Å². The van der Waals surface area contributed by atoms with E-state index >= 15 is 0 Å². The van der Waals surface area contributed by atoms with Crippen molar-refractivity contribution in [1.82, 2.24) is 14.6 Å². The molecule has 2 heterocycles. The highest BCUT2D eigenvalue weighted by atomic mass is 32.2.